The van der Waals surface area contributed by atoms with E-state index in [-0.39, 0.29) is 5.78 Å². The second-order valence-electron chi connectivity index (χ2n) is 11.8. The zero-order valence-electron chi connectivity index (χ0n) is 23.5. The maximum absolute atomic E-state index is 11.7. The molecule has 3 aliphatic rings. The standard InChI is InChI=1S/C16H20BClO3.C16H14ClNO/c1-15(2)16(3,4)21-17(20-15)14-12-7-6-11(19)9-10(12)5-8-13(14)18;17-16-4-1-12-10-13(19)2-3-14(12)15(16)9-11-5-7-18-8-6-11/h5,8H,6-7,9H2,1-4H3;1,4-8H,2-3,9-10H2. The average molecular weight is 578 g/mol. The molecular weight excluding hydrogens is 544 g/mol. The smallest absolute Gasteiger partial charge is 0.399 e. The lowest BCUT2D eigenvalue weighted by atomic mass is 9.71. The van der Waals surface area contributed by atoms with E-state index in [9.17, 15) is 9.59 Å². The molecule has 1 saturated heterocycles. The van der Waals surface area contributed by atoms with Gasteiger partial charge in [-0.25, -0.2) is 0 Å². The Morgan fingerprint density at radius 3 is 1.88 bits per heavy atom. The van der Waals surface area contributed by atoms with Crippen molar-refractivity contribution in [1.82, 2.24) is 4.98 Å². The van der Waals surface area contributed by atoms with Gasteiger partial charge in [-0.2, -0.15) is 0 Å². The minimum atomic E-state index is -0.467. The summed E-state index contributed by atoms with van der Waals surface area (Å²) in [5.41, 5.74) is 7.07. The first-order chi connectivity index (χ1) is 18.9. The van der Waals surface area contributed by atoms with Crippen LogP contribution >= 0.6 is 23.2 Å². The molecule has 8 heteroatoms. The van der Waals surface area contributed by atoms with E-state index in [0.717, 1.165) is 45.6 Å². The molecule has 2 aromatic carbocycles. The van der Waals surface area contributed by atoms with Crippen LogP contribution in [0.3, 0.4) is 0 Å². The fourth-order valence-electron chi connectivity index (χ4n) is 5.57. The van der Waals surface area contributed by atoms with E-state index < -0.39 is 18.3 Å². The number of benzene rings is 2. The summed E-state index contributed by atoms with van der Waals surface area (Å²) < 4.78 is 12.3. The summed E-state index contributed by atoms with van der Waals surface area (Å²) in [6.07, 6.45) is 8.16. The van der Waals surface area contributed by atoms with Crippen LogP contribution < -0.4 is 5.46 Å². The summed E-state index contributed by atoms with van der Waals surface area (Å²) in [6, 6.07) is 11.7. The van der Waals surface area contributed by atoms with Gasteiger partial charge in [0.05, 0.1) is 11.2 Å². The van der Waals surface area contributed by atoms with Gasteiger partial charge in [-0.1, -0.05) is 35.3 Å². The van der Waals surface area contributed by atoms with E-state index in [1.54, 1.807) is 12.4 Å². The number of halogens is 2. The van der Waals surface area contributed by atoms with Crippen molar-refractivity contribution >= 4 is 47.3 Å². The van der Waals surface area contributed by atoms with Crippen molar-refractivity contribution in [2.24, 2.45) is 0 Å². The number of carbonyl (C=O) groups excluding carboxylic acids is 2. The van der Waals surface area contributed by atoms with Gasteiger partial charge in [0.15, 0.2) is 0 Å². The van der Waals surface area contributed by atoms with Crippen LogP contribution in [0.25, 0.3) is 0 Å². The number of fused-ring (bicyclic) bond motifs is 2. The molecule has 0 N–H and O–H groups in total. The van der Waals surface area contributed by atoms with Gasteiger partial charge in [0.25, 0.3) is 0 Å². The van der Waals surface area contributed by atoms with E-state index >= 15 is 0 Å². The summed E-state index contributed by atoms with van der Waals surface area (Å²) in [7, 11) is -0.467. The molecule has 1 aliphatic heterocycles. The molecule has 208 valence electrons. The highest BCUT2D eigenvalue weighted by Crippen LogP contribution is 2.38. The Bertz CT molecular complexity index is 1440. The third-order valence-electron chi connectivity index (χ3n) is 8.57. The highest BCUT2D eigenvalue weighted by Gasteiger charge is 2.53. The molecule has 0 radical (unpaired) electrons. The molecular formula is C32H34BCl2NO4. The second kappa shape index (κ2) is 11.4. The Kier molecular flexibility index (Phi) is 8.27. The number of carbonyl (C=O) groups is 2. The van der Waals surface area contributed by atoms with Gasteiger partial charge in [-0.15, -0.1) is 0 Å². The third-order valence-corrected chi connectivity index (χ3v) is 9.26. The largest absolute Gasteiger partial charge is 0.496 e. The van der Waals surface area contributed by atoms with Crippen LogP contribution in [-0.2, 0) is 51.0 Å². The molecule has 0 unspecified atom stereocenters. The molecule has 3 aromatic rings. The van der Waals surface area contributed by atoms with Gasteiger partial charge < -0.3 is 9.31 Å². The first-order valence-corrected chi connectivity index (χ1v) is 14.6. The molecule has 0 spiro atoms. The van der Waals surface area contributed by atoms with Gasteiger partial charge in [0.1, 0.15) is 11.6 Å². The lowest BCUT2D eigenvalue weighted by Gasteiger charge is -2.32. The minimum absolute atomic E-state index is 0.282. The van der Waals surface area contributed by atoms with Gasteiger partial charge in [-0.05, 0) is 105 Å². The lowest BCUT2D eigenvalue weighted by molar-refractivity contribution is -0.119. The van der Waals surface area contributed by atoms with Crippen molar-refractivity contribution in [1.29, 1.82) is 0 Å². The van der Waals surface area contributed by atoms with Crippen molar-refractivity contribution in [2.45, 2.75) is 83.8 Å². The van der Waals surface area contributed by atoms with E-state index in [1.165, 1.54) is 11.1 Å². The highest BCUT2D eigenvalue weighted by molar-refractivity contribution is 6.66. The molecule has 1 fully saturated rings. The zero-order valence-corrected chi connectivity index (χ0v) is 25.0. The number of rotatable bonds is 3. The predicted octanol–water partition coefficient (Wildman–Crippen LogP) is 6.08. The quantitative estimate of drug-likeness (QED) is 0.353. The molecule has 6 rings (SSSR count). The van der Waals surface area contributed by atoms with Crippen LogP contribution in [0.2, 0.25) is 10.0 Å². The Hall–Kier alpha value is -2.51. The van der Waals surface area contributed by atoms with Crippen molar-refractivity contribution in [3.63, 3.8) is 0 Å². The molecule has 1 aromatic heterocycles. The Morgan fingerprint density at radius 1 is 0.750 bits per heavy atom. The normalized spacial score (nSPS) is 19.0. The number of hydrogen-bond acceptors (Lipinski definition) is 5. The fourth-order valence-corrected chi connectivity index (χ4v) is 6.08. The molecule has 0 saturated carbocycles. The monoisotopic (exact) mass is 577 g/mol. The predicted molar refractivity (Wildman–Crippen MR) is 160 cm³/mol. The van der Waals surface area contributed by atoms with E-state index in [4.69, 9.17) is 32.5 Å². The third kappa shape index (κ3) is 5.92. The van der Waals surface area contributed by atoms with Crippen molar-refractivity contribution in [2.75, 3.05) is 0 Å². The Balaban J connectivity index is 0.000000162. The van der Waals surface area contributed by atoms with Crippen LogP contribution in [0.4, 0.5) is 0 Å². The summed E-state index contributed by atoms with van der Waals surface area (Å²) in [6.45, 7) is 8.11. The minimum Gasteiger partial charge on any atom is -0.399 e. The molecule has 40 heavy (non-hydrogen) atoms. The van der Waals surface area contributed by atoms with Gasteiger partial charge in [0.2, 0.25) is 0 Å². The second-order valence-corrected chi connectivity index (χ2v) is 12.6. The first-order valence-electron chi connectivity index (χ1n) is 13.8. The van der Waals surface area contributed by atoms with Crippen LogP contribution in [0.15, 0.2) is 48.8 Å². The maximum atomic E-state index is 11.7. The van der Waals surface area contributed by atoms with Crippen LogP contribution in [0.1, 0.15) is 73.9 Å². The number of pyridine rings is 1. The fraction of sp³-hybridized carbons (Fsp3) is 0.406. The lowest BCUT2D eigenvalue weighted by Crippen LogP contribution is -2.41. The summed E-state index contributed by atoms with van der Waals surface area (Å²) in [5, 5.41) is 1.45. The molecule has 0 bridgehead atoms. The number of nitrogens with zero attached hydrogens (tertiary/aromatic N) is 1. The number of Topliss-reactive ketones (excluding diaryl/α,β-unsaturated/α-hetero) is 2. The molecule has 5 nitrogen and oxygen atoms in total. The molecule has 0 amide bonds. The van der Waals surface area contributed by atoms with Crippen LogP contribution in [-0.4, -0.2) is 34.9 Å². The van der Waals surface area contributed by atoms with Crippen molar-refractivity contribution in [3.8, 4) is 0 Å². The number of aromatic nitrogens is 1. The van der Waals surface area contributed by atoms with E-state index in [1.807, 2.05) is 64.1 Å². The van der Waals surface area contributed by atoms with Gasteiger partial charge >= 0.3 is 7.12 Å². The number of hydrogen-bond donors (Lipinski definition) is 0. The van der Waals surface area contributed by atoms with Gasteiger partial charge in [-0.3, -0.25) is 14.6 Å². The maximum Gasteiger partial charge on any atom is 0.496 e. The zero-order chi connectivity index (χ0) is 28.7. The van der Waals surface area contributed by atoms with E-state index in [0.29, 0.717) is 42.9 Å². The first kappa shape index (κ1) is 29.0. The highest BCUT2D eigenvalue weighted by atomic mass is 35.5. The Morgan fingerprint density at radius 2 is 1.27 bits per heavy atom. The summed E-state index contributed by atoms with van der Waals surface area (Å²) in [4.78, 5) is 27.2. The summed E-state index contributed by atoms with van der Waals surface area (Å²) >= 11 is 12.8. The molecule has 2 aliphatic carbocycles. The Labute approximate surface area is 246 Å². The number of ketones is 2. The van der Waals surface area contributed by atoms with Crippen molar-refractivity contribution in [3.05, 3.63) is 92.2 Å². The van der Waals surface area contributed by atoms with Crippen LogP contribution in [0.5, 0.6) is 0 Å². The average Bonchev–Trinajstić information content (AvgIpc) is 3.12. The van der Waals surface area contributed by atoms with Gasteiger partial charge in [0, 0.05) is 53.6 Å². The van der Waals surface area contributed by atoms with E-state index in [2.05, 4.69) is 4.98 Å². The SMILES string of the molecule is CC1(C)OB(c2c(Cl)ccc3c2CCC(=O)C3)OC1(C)C.O=C1CCc2c(ccc(Cl)c2Cc2ccncc2)C1. The molecule has 2 heterocycles. The van der Waals surface area contributed by atoms with Crippen molar-refractivity contribution < 1.29 is 18.9 Å². The molecule has 0 atom stereocenters. The van der Waals surface area contributed by atoms with Crippen LogP contribution in [0, 0.1) is 0 Å². The topological polar surface area (TPSA) is 65.5 Å². The summed E-state index contributed by atoms with van der Waals surface area (Å²) in [5.74, 6) is 0.606.